The Balaban J connectivity index is 2.16. The Morgan fingerprint density at radius 1 is 1.25 bits per heavy atom. The number of hydrogen-bond acceptors (Lipinski definition) is 5. The predicted molar refractivity (Wildman–Crippen MR) is 81.1 cm³/mol. The van der Waals surface area contributed by atoms with E-state index in [4.69, 9.17) is 4.74 Å². The van der Waals surface area contributed by atoms with Gasteiger partial charge in [0.05, 0.1) is 6.61 Å². The van der Waals surface area contributed by atoms with Crippen LogP contribution in [-0.2, 0) is 10.0 Å². The molecule has 114 valence electrons. The lowest BCUT2D eigenvalue weighted by molar-refractivity contribution is 0.196. The average Bonchev–Trinajstić information content (AvgIpc) is 2.81. The molecule has 0 spiro atoms. The summed E-state index contributed by atoms with van der Waals surface area (Å²) in [5.74, 6) is 0.684. The van der Waals surface area contributed by atoms with E-state index >= 15 is 0 Å². The number of rotatable bonds is 5. The van der Waals surface area contributed by atoms with Crippen LogP contribution < -0.4 is 4.74 Å². The van der Waals surface area contributed by atoms with Crippen molar-refractivity contribution in [2.24, 2.45) is 0 Å². The quantitative estimate of drug-likeness (QED) is 0.830. The van der Waals surface area contributed by atoms with Crippen LogP contribution in [0.1, 0.15) is 18.7 Å². The molecule has 0 unspecified atom stereocenters. The highest BCUT2D eigenvalue weighted by atomic mass is 32.2. The second kappa shape index (κ2) is 6.43. The SMILES string of the molecule is CCOc1cc(S(=O)(=O)N2CCN(CC)CC2)sc1C. The Morgan fingerprint density at radius 2 is 1.90 bits per heavy atom. The molecule has 1 fully saturated rings. The average molecular weight is 318 g/mol. The van der Waals surface area contributed by atoms with Crippen molar-refractivity contribution in [3.8, 4) is 5.75 Å². The maximum Gasteiger partial charge on any atom is 0.252 e. The summed E-state index contributed by atoms with van der Waals surface area (Å²) >= 11 is 1.29. The number of hydrogen-bond donors (Lipinski definition) is 0. The zero-order valence-corrected chi connectivity index (χ0v) is 13.9. The Labute approximate surface area is 125 Å². The van der Waals surface area contributed by atoms with Gasteiger partial charge in [0.2, 0.25) is 0 Å². The van der Waals surface area contributed by atoms with Crippen LogP contribution in [0.3, 0.4) is 0 Å². The standard InChI is InChI=1S/C13H22N2O3S2/c1-4-14-6-8-15(9-7-14)20(16,17)13-10-12(18-5-2)11(3)19-13/h10H,4-9H2,1-3H3. The lowest BCUT2D eigenvalue weighted by atomic mass is 10.4. The van der Waals surface area contributed by atoms with Crippen molar-refractivity contribution < 1.29 is 13.2 Å². The van der Waals surface area contributed by atoms with Crippen LogP contribution in [0.2, 0.25) is 0 Å². The van der Waals surface area contributed by atoms with Gasteiger partial charge >= 0.3 is 0 Å². The number of thiophene rings is 1. The summed E-state index contributed by atoms with van der Waals surface area (Å²) in [5.41, 5.74) is 0. The van der Waals surface area contributed by atoms with Gasteiger partial charge in [-0.1, -0.05) is 6.92 Å². The minimum absolute atomic E-state index is 0.392. The molecular formula is C13H22N2O3S2. The van der Waals surface area contributed by atoms with Gasteiger partial charge in [-0.15, -0.1) is 11.3 Å². The number of sulfonamides is 1. The number of nitrogens with zero attached hydrogens (tertiary/aromatic N) is 2. The van der Waals surface area contributed by atoms with Gasteiger partial charge < -0.3 is 9.64 Å². The van der Waals surface area contributed by atoms with Crippen LogP contribution in [0.15, 0.2) is 10.3 Å². The summed E-state index contributed by atoms with van der Waals surface area (Å²) in [6.07, 6.45) is 0. The molecular weight excluding hydrogens is 296 g/mol. The molecule has 0 N–H and O–H groups in total. The van der Waals surface area contributed by atoms with Crippen LogP contribution in [0.5, 0.6) is 5.75 Å². The van der Waals surface area contributed by atoms with E-state index in [2.05, 4.69) is 11.8 Å². The molecule has 7 heteroatoms. The fourth-order valence-electron chi connectivity index (χ4n) is 2.28. The fourth-order valence-corrected chi connectivity index (χ4v) is 5.23. The highest BCUT2D eigenvalue weighted by molar-refractivity contribution is 7.91. The topological polar surface area (TPSA) is 49.9 Å². The zero-order valence-electron chi connectivity index (χ0n) is 12.3. The third-order valence-electron chi connectivity index (χ3n) is 3.52. The maximum absolute atomic E-state index is 12.6. The van der Waals surface area contributed by atoms with Gasteiger partial charge in [-0.25, -0.2) is 8.42 Å². The Bertz CT molecular complexity index is 546. The summed E-state index contributed by atoms with van der Waals surface area (Å²) in [4.78, 5) is 3.18. The normalized spacial score (nSPS) is 18.4. The minimum Gasteiger partial charge on any atom is -0.493 e. The van der Waals surface area contributed by atoms with Crippen LogP contribution in [0.25, 0.3) is 0 Å². The van der Waals surface area contributed by atoms with E-state index in [1.807, 2.05) is 13.8 Å². The molecule has 20 heavy (non-hydrogen) atoms. The first-order valence-electron chi connectivity index (χ1n) is 6.94. The van der Waals surface area contributed by atoms with Crippen LogP contribution in [-0.4, -0.2) is 57.0 Å². The van der Waals surface area contributed by atoms with Gasteiger partial charge in [0.1, 0.15) is 9.96 Å². The fraction of sp³-hybridized carbons (Fsp3) is 0.692. The Kier molecular flexibility index (Phi) is 5.06. The molecule has 2 rings (SSSR count). The van der Waals surface area contributed by atoms with Crippen molar-refractivity contribution in [3.05, 3.63) is 10.9 Å². The van der Waals surface area contributed by atoms with Crippen molar-refractivity contribution in [1.29, 1.82) is 0 Å². The van der Waals surface area contributed by atoms with Crippen molar-refractivity contribution >= 4 is 21.4 Å². The summed E-state index contributed by atoms with van der Waals surface area (Å²) in [5, 5.41) is 0. The molecule has 1 aromatic rings. The summed E-state index contributed by atoms with van der Waals surface area (Å²) < 4.78 is 32.7. The Hall–Kier alpha value is -0.630. The van der Waals surface area contributed by atoms with Crippen LogP contribution >= 0.6 is 11.3 Å². The summed E-state index contributed by atoms with van der Waals surface area (Å²) in [6.45, 7) is 10.2. The van der Waals surface area contributed by atoms with Crippen molar-refractivity contribution in [3.63, 3.8) is 0 Å². The second-order valence-corrected chi connectivity index (χ2v) is 8.18. The Morgan fingerprint density at radius 3 is 2.45 bits per heavy atom. The predicted octanol–water partition coefficient (Wildman–Crippen LogP) is 1.78. The highest BCUT2D eigenvalue weighted by Crippen LogP contribution is 2.33. The third kappa shape index (κ3) is 3.16. The van der Waals surface area contributed by atoms with Crippen molar-refractivity contribution in [2.45, 2.75) is 25.0 Å². The molecule has 0 aromatic carbocycles. The van der Waals surface area contributed by atoms with E-state index in [1.165, 1.54) is 11.3 Å². The molecule has 0 saturated carbocycles. The first kappa shape index (κ1) is 15.8. The van der Waals surface area contributed by atoms with Crippen LogP contribution in [0, 0.1) is 6.92 Å². The molecule has 1 aliphatic rings. The molecule has 2 heterocycles. The third-order valence-corrected chi connectivity index (χ3v) is 6.90. The number of ether oxygens (including phenoxy) is 1. The second-order valence-electron chi connectivity index (χ2n) is 4.76. The maximum atomic E-state index is 12.6. The zero-order chi connectivity index (χ0) is 14.8. The van der Waals surface area contributed by atoms with E-state index < -0.39 is 10.0 Å². The van der Waals surface area contributed by atoms with Gasteiger partial charge in [-0.3, -0.25) is 0 Å². The van der Waals surface area contributed by atoms with Gasteiger partial charge in [0.15, 0.2) is 0 Å². The molecule has 5 nitrogen and oxygen atoms in total. The molecule has 0 atom stereocenters. The summed E-state index contributed by atoms with van der Waals surface area (Å²) in [6, 6.07) is 1.66. The smallest absolute Gasteiger partial charge is 0.252 e. The molecule has 0 radical (unpaired) electrons. The first-order chi connectivity index (χ1) is 9.48. The lowest BCUT2D eigenvalue weighted by Gasteiger charge is -2.32. The number of likely N-dealkylation sites (N-methyl/N-ethyl adjacent to an activating group) is 1. The van der Waals surface area contributed by atoms with E-state index in [9.17, 15) is 8.42 Å². The molecule has 0 amide bonds. The monoisotopic (exact) mass is 318 g/mol. The van der Waals surface area contributed by atoms with E-state index in [1.54, 1.807) is 10.4 Å². The van der Waals surface area contributed by atoms with E-state index in [0.29, 0.717) is 29.7 Å². The van der Waals surface area contributed by atoms with Crippen LogP contribution in [0.4, 0.5) is 0 Å². The van der Waals surface area contributed by atoms with E-state index in [-0.39, 0.29) is 0 Å². The number of aryl methyl sites for hydroxylation is 1. The van der Waals surface area contributed by atoms with Crippen molar-refractivity contribution in [1.82, 2.24) is 9.21 Å². The van der Waals surface area contributed by atoms with Gasteiger partial charge in [-0.05, 0) is 20.4 Å². The molecule has 1 aromatic heterocycles. The van der Waals surface area contributed by atoms with E-state index in [0.717, 1.165) is 24.5 Å². The summed E-state index contributed by atoms with van der Waals surface area (Å²) in [7, 11) is -3.37. The first-order valence-corrected chi connectivity index (χ1v) is 9.20. The van der Waals surface area contributed by atoms with Gasteiger partial charge in [-0.2, -0.15) is 4.31 Å². The molecule has 1 aliphatic heterocycles. The van der Waals surface area contributed by atoms with Crippen molar-refractivity contribution in [2.75, 3.05) is 39.3 Å². The molecule has 0 bridgehead atoms. The lowest BCUT2D eigenvalue weighted by Crippen LogP contribution is -2.48. The number of piperazine rings is 1. The van der Waals surface area contributed by atoms with Gasteiger partial charge in [0.25, 0.3) is 10.0 Å². The minimum atomic E-state index is -3.37. The molecule has 0 aliphatic carbocycles. The molecule has 1 saturated heterocycles. The largest absolute Gasteiger partial charge is 0.493 e. The highest BCUT2D eigenvalue weighted by Gasteiger charge is 2.30. The van der Waals surface area contributed by atoms with Gasteiger partial charge in [0, 0.05) is 37.1 Å².